The number of aryl methyl sites for hydroxylation is 1. The van der Waals surface area contributed by atoms with E-state index in [-0.39, 0.29) is 11.4 Å². The van der Waals surface area contributed by atoms with Gasteiger partial charge in [0, 0.05) is 35.8 Å². The summed E-state index contributed by atoms with van der Waals surface area (Å²) in [5.74, 6) is 0.280. The number of hydrogen-bond acceptors (Lipinski definition) is 5. The molecule has 28 heavy (non-hydrogen) atoms. The summed E-state index contributed by atoms with van der Waals surface area (Å²) >= 11 is 0. The lowest BCUT2D eigenvalue weighted by Gasteiger charge is -2.03. The fourth-order valence-electron chi connectivity index (χ4n) is 2.89. The first kappa shape index (κ1) is 17.4. The van der Waals surface area contributed by atoms with Crippen LogP contribution in [-0.2, 0) is 0 Å². The molecule has 3 heterocycles. The molecule has 0 fully saturated rings. The third kappa shape index (κ3) is 3.45. The number of nitrogens with zero attached hydrogens (tertiary/aromatic N) is 5. The number of hydrogen-bond donors (Lipinski definition) is 1. The summed E-state index contributed by atoms with van der Waals surface area (Å²) < 4.78 is 2.95. The summed E-state index contributed by atoms with van der Waals surface area (Å²) in [6.45, 7) is 1.82. The Morgan fingerprint density at radius 3 is 2.54 bits per heavy atom. The topological polar surface area (TPSA) is 91.1 Å². The monoisotopic (exact) mass is 370 g/mol. The minimum absolute atomic E-state index is 0.280. The quantitative estimate of drug-likeness (QED) is 0.559. The third-order valence-corrected chi connectivity index (χ3v) is 4.21. The van der Waals surface area contributed by atoms with Crippen molar-refractivity contribution in [2.24, 2.45) is 5.10 Å². The van der Waals surface area contributed by atoms with Gasteiger partial charge in [0.25, 0.3) is 5.56 Å². The van der Waals surface area contributed by atoms with E-state index < -0.39 is 0 Å². The molecule has 0 atom stereocenters. The number of benzene rings is 1. The molecule has 0 saturated heterocycles. The van der Waals surface area contributed by atoms with Crippen LogP contribution in [0.3, 0.4) is 0 Å². The highest BCUT2D eigenvalue weighted by molar-refractivity contribution is 5.88. The van der Waals surface area contributed by atoms with Crippen molar-refractivity contribution in [2.45, 2.75) is 6.92 Å². The van der Waals surface area contributed by atoms with Crippen LogP contribution in [0.5, 0.6) is 0 Å². The summed E-state index contributed by atoms with van der Waals surface area (Å²) in [5.41, 5.74) is 9.77. The normalized spacial score (nSPS) is 11.2. The van der Waals surface area contributed by atoms with E-state index in [2.05, 4.69) is 10.1 Å². The van der Waals surface area contributed by atoms with Gasteiger partial charge in [-0.2, -0.15) is 14.9 Å². The second-order valence-corrected chi connectivity index (χ2v) is 6.30. The van der Waals surface area contributed by atoms with Crippen molar-refractivity contribution in [1.29, 1.82) is 0 Å². The van der Waals surface area contributed by atoms with E-state index in [1.807, 2.05) is 55.6 Å². The van der Waals surface area contributed by atoms with Crippen LogP contribution in [0.25, 0.3) is 16.9 Å². The van der Waals surface area contributed by atoms with E-state index in [1.165, 1.54) is 10.7 Å². The fourth-order valence-corrected chi connectivity index (χ4v) is 2.89. The Morgan fingerprint density at radius 2 is 1.82 bits per heavy atom. The maximum Gasteiger partial charge on any atom is 0.273 e. The maximum absolute atomic E-state index is 12.2. The minimum Gasteiger partial charge on any atom is -0.384 e. The van der Waals surface area contributed by atoms with Gasteiger partial charge in [-0.15, -0.1) is 0 Å². The number of anilines is 1. The van der Waals surface area contributed by atoms with Crippen molar-refractivity contribution in [3.63, 3.8) is 0 Å². The van der Waals surface area contributed by atoms with E-state index in [9.17, 15) is 4.79 Å². The first-order chi connectivity index (χ1) is 13.6. The molecule has 0 aliphatic carbocycles. The van der Waals surface area contributed by atoms with Crippen molar-refractivity contribution in [3.05, 3.63) is 94.7 Å². The van der Waals surface area contributed by atoms with Gasteiger partial charge in [-0.3, -0.25) is 9.78 Å². The number of aromatic nitrogens is 4. The molecule has 3 aromatic heterocycles. The van der Waals surface area contributed by atoms with Crippen LogP contribution in [0.1, 0.15) is 11.1 Å². The van der Waals surface area contributed by atoms with Crippen LogP contribution in [0, 0.1) is 6.92 Å². The highest BCUT2D eigenvalue weighted by atomic mass is 16.1. The summed E-state index contributed by atoms with van der Waals surface area (Å²) in [6.07, 6.45) is 6.87. The Balaban J connectivity index is 1.82. The van der Waals surface area contributed by atoms with Gasteiger partial charge in [-0.25, -0.2) is 4.68 Å². The van der Waals surface area contributed by atoms with Gasteiger partial charge in [0.05, 0.1) is 11.9 Å². The number of nitrogens with two attached hydrogens (primary N) is 1. The van der Waals surface area contributed by atoms with Crippen molar-refractivity contribution in [3.8, 4) is 16.9 Å². The lowest BCUT2D eigenvalue weighted by molar-refractivity contribution is 0.843. The number of pyridine rings is 2. The Morgan fingerprint density at radius 1 is 1.07 bits per heavy atom. The smallest absolute Gasteiger partial charge is 0.273 e. The maximum atomic E-state index is 12.2. The molecule has 0 amide bonds. The molecule has 0 saturated carbocycles. The van der Waals surface area contributed by atoms with Gasteiger partial charge in [-0.05, 0) is 42.8 Å². The summed E-state index contributed by atoms with van der Waals surface area (Å²) in [4.78, 5) is 16.3. The van der Waals surface area contributed by atoms with E-state index in [1.54, 1.807) is 29.4 Å². The zero-order valence-corrected chi connectivity index (χ0v) is 15.2. The van der Waals surface area contributed by atoms with Crippen LogP contribution in [-0.4, -0.2) is 25.7 Å². The second-order valence-electron chi connectivity index (χ2n) is 6.30. The van der Waals surface area contributed by atoms with E-state index >= 15 is 0 Å². The standard InChI is InChI=1S/C21H18N6O/c1-15-11-19(22)27(20(28)12-15)24-13-17-14-26(18-5-3-2-4-6-18)25-21(17)16-7-9-23-10-8-16/h2-14H,22H2,1H3/b24-13-. The average Bonchev–Trinajstić information content (AvgIpc) is 3.13. The molecule has 0 aliphatic rings. The fraction of sp³-hybridized carbons (Fsp3) is 0.0476. The van der Waals surface area contributed by atoms with Crippen molar-refractivity contribution < 1.29 is 0 Å². The van der Waals surface area contributed by atoms with Crippen molar-refractivity contribution in [2.75, 3.05) is 5.73 Å². The summed E-state index contributed by atoms with van der Waals surface area (Å²) in [6, 6.07) is 16.7. The average molecular weight is 370 g/mol. The molecule has 0 unspecified atom stereocenters. The van der Waals surface area contributed by atoms with Gasteiger partial charge < -0.3 is 5.73 Å². The van der Waals surface area contributed by atoms with Crippen LogP contribution in [0.15, 0.2) is 83.1 Å². The van der Waals surface area contributed by atoms with Crippen molar-refractivity contribution in [1.82, 2.24) is 19.4 Å². The van der Waals surface area contributed by atoms with Gasteiger partial charge in [-0.1, -0.05) is 18.2 Å². The molecule has 0 radical (unpaired) electrons. The largest absolute Gasteiger partial charge is 0.384 e. The lowest BCUT2D eigenvalue weighted by atomic mass is 10.1. The van der Waals surface area contributed by atoms with Crippen LogP contribution in [0.4, 0.5) is 5.82 Å². The van der Waals surface area contributed by atoms with E-state index in [0.29, 0.717) is 0 Å². The summed E-state index contributed by atoms with van der Waals surface area (Å²) in [7, 11) is 0. The molecule has 0 aliphatic heterocycles. The van der Waals surface area contributed by atoms with Crippen molar-refractivity contribution >= 4 is 12.0 Å². The molecule has 4 rings (SSSR count). The van der Waals surface area contributed by atoms with Crippen LogP contribution < -0.4 is 11.3 Å². The first-order valence-electron chi connectivity index (χ1n) is 8.71. The zero-order valence-electron chi connectivity index (χ0n) is 15.2. The van der Waals surface area contributed by atoms with Gasteiger partial charge in [0.1, 0.15) is 11.5 Å². The number of rotatable bonds is 4. The highest BCUT2D eigenvalue weighted by Gasteiger charge is 2.11. The first-order valence-corrected chi connectivity index (χ1v) is 8.71. The number of para-hydroxylation sites is 1. The van der Waals surface area contributed by atoms with Gasteiger partial charge >= 0.3 is 0 Å². The molecule has 2 N–H and O–H groups in total. The molecule has 1 aromatic carbocycles. The molecular formula is C21H18N6O. The highest BCUT2D eigenvalue weighted by Crippen LogP contribution is 2.22. The Kier molecular flexibility index (Phi) is 4.55. The predicted molar refractivity (Wildman–Crippen MR) is 110 cm³/mol. The van der Waals surface area contributed by atoms with Crippen LogP contribution in [0.2, 0.25) is 0 Å². The molecule has 0 spiro atoms. The Bertz CT molecular complexity index is 1190. The zero-order chi connectivity index (χ0) is 19.5. The third-order valence-electron chi connectivity index (χ3n) is 4.21. The SMILES string of the molecule is Cc1cc(N)n(/N=C\c2cn(-c3ccccc3)nc2-c2ccncc2)c(=O)c1. The second kappa shape index (κ2) is 7.32. The summed E-state index contributed by atoms with van der Waals surface area (Å²) in [5, 5.41) is 9.00. The molecule has 7 heteroatoms. The Hall–Kier alpha value is -4.00. The van der Waals surface area contributed by atoms with Gasteiger partial charge in [0.15, 0.2) is 0 Å². The van der Waals surface area contributed by atoms with E-state index in [4.69, 9.17) is 10.8 Å². The van der Waals surface area contributed by atoms with E-state index in [0.717, 1.165) is 28.1 Å². The van der Waals surface area contributed by atoms with Crippen LogP contribution >= 0.6 is 0 Å². The molecule has 0 bridgehead atoms. The molecule has 138 valence electrons. The minimum atomic E-state index is -0.283. The molecule has 7 nitrogen and oxygen atoms in total. The Labute approximate surface area is 161 Å². The number of nitrogen functional groups attached to an aromatic ring is 1. The molecular weight excluding hydrogens is 352 g/mol. The van der Waals surface area contributed by atoms with Gasteiger partial charge in [0.2, 0.25) is 0 Å². The predicted octanol–water partition coefficient (Wildman–Crippen LogP) is 2.87. The molecule has 4 aromatic rings. The lowest BCUT2D eigenvalue weighted by Crippen LogP contribution is -2.19.